The number of hydrogen-bond acceptors (Lipinski definition) is 7. The summed E-state index contributed by atoms with van der Waals surface area (Å²) in [7, 11) is 5.04. The number of carbonyl (C=O) groups excluding carboxylic acids is 1. The van der Waals surface area contributed by atoms with E-state index in [-0.39, 0.29) is 23.8 Å². The highest BCUT2D eigenvalue weighted by Gasteiger charge is 2.27. The van der Waals surface area contributed by atoms with Crippen molar-refractivity contribution < 1.29 is 18.7 Å². The number of hydrogen-bond donors (Lipinski definition) is 0. The second-order valence-electron chi connectivity index (χ2n) is 12.3. The Bertz CT molecular complexity index is 2200. The quantitative estimate of drug-likeness (QED) is 0.122. The van der Waals surface area contributed by atoms with Crippen molar-refractivity contribution in [3.8, 4) is 17.3 Å². The van der Waals surface area contributed by atoms with Gasteiger partial charge in [-0.3, -0.25) is 19.1 Å². The van der Waals surface area contributed by atoms with Crippen LogP contribution in [-0.2, 0) is 24.4 Å². The first-order valence-corrected chi connectivity index (χ1v) is 20.2. The number of aryl methyl sites for hydroxylation is 1. The number of pyridine rings is 2. The third-order valence-corrected chi connectivity index (χ3v) is 8.88. The molecule has 0 saturated heterocycles. The summed E-state index contributed by atoms with van der Waals surface area (Å²) in [5, 5.41) is 0.915. The molecule has 3 aromatic heterocycles. The van der Waals surface area contributed by atoms with E-state index in [1.165, 1.54) is 18.2 Å². The minimum atomic E-state index is -0.569. The van der Waals surface area contributed by atoms with E-state index in [4.69, 9.17) is 14.5 Å². The second kappa shape index (κ2) is 24.7. The lowest BCUT2D eigenvalue weighted by atomic mass is 10.1. The molecule has 312 valence electrons. The van der Waals surface area contributed by atoms with Crippen molar-refractivity contribution in [2.45, 2.75) is 94.9 Å². The van der Waals surface area contributed by atoms with Crippen LogP contribution in [0.4, 0.5) is 10.1 Å². The summed E-state index contributed by atoms with van der Waals surface area (Å²) in [4.78, 5) is 40.2. The molecule has 0 aliphatic rings. The standard InChI is InChI=1S/C39H39FN6O4.4C2H6/c1-26-9-10-29-12-16-38(47)46(35(29)17-26)37-15-13-32(21-42-37)45(23-30-11-14-34(49-4)19-36(30)50-5)39(48)27(2)43(3)24-33-20-41-25-44(33)22-28-7-6-8-31(40)18-28;4*1-2/h6-21,25,27H,22-24H2,1-5H3;4*1-2H3. The van der Waals surface area contributed by atoms with Crippen molar-refractivity contribution in [1.29, 1.82) is 0 Å². The summed E-state index contributed by atoms with van der Waals surface area (Å²) in [6, 6.07) is 24.2. The SMILES string of the molecule is CC.CC.CC.CC.COc1ccc(CN(C(=O)C(C)N(C)Cc2cncn2Cc2cccc(F)c2)c2ccc(-n3c(=O)ccc4ccc(C)cc43)nc2)c(OC)c1. The number of amides is 1. The number of benzene rings is 3. The lowest BCUT2D eigenvalue weighted by Gasteiger charge is -2.31. The molecule has 1 unspecified atom stereocenters. The van der Waals surface area contributed by atoms with Crippen LogP contribution in [0.25, 0.3) is 16.7 Å². The van der Waals surface area contributed by atoms with Crippen LogP contribution in [0.15, 0.2) is 108 Å². The van der Waals surface area contributed by atoms with Crippen LogP contribution >= 0.6 is 0 Å². The van der Waals surface area contributed by atoms with E-state index < -0.39 is 6.04 Å². The zero-order valence-electron chi connectivity index (χ0n) is 36.7. The van der Waals surface area contributed by atoms with Crippen LogP contribution in [0.3, 0.4) is 0 Å². The Morgan fingerprint density at radius 1 is 0.828 bits per heavy atom. The van der Waals surface area contributed by atoms with Crippen LogP contribution in [-0.4, -0.2) is 57.2 Å². The molecule has 6 aromatic rings. The van der Waals surface area contributed by atoms with Crippen LogP contribution in [0.1, 0.15) is 84.7 Å². The van der Waals surface area contributed by atoms with Crippen LogP contribution in [0.5, 0.6) is 11.5 Å². The highest BCUT2D eigenvalue weighted by atomic mass is 19.1. The molecule has 0 bridgehead atoms. The van der Waals surface area contributed by atoms with Crippen molar-refractivity contribution in [3.63, 3.8) is 0 Å². The Kier molecular flexibility index (Phi) is 20.6. The predicted molar refractivity (Wildman–Crippen MR) is 237 cm³/mol. The lowest BCUT2D eigenvalue weighted by molar-refractivity contribution is -0.123. The number of rotatable bonds is 12. The Morgan fingerprint density at radius 2 is 1.53 bits per heavy atom. The smallest absolute Gasteiger partial charge is 0.256 e. The summed E-state index contributed by atoms with van der Waals surface area (Å²) in [6.45, 7) is 20.9. The van der Waals surface area contributed by atoms with Gasteiger partial charge in [0.05, 0.1) is 56.2 Å². The molecule has 0 aliphatic carbocycles. The summed E-state index contributed by atoms with van der Waals surface area (Å²) < 4.78 is 28.4. The van der Waals surface area contributed by atoms with Crippen molar-refractivity contribution in [3.05, 3.63) is 142 Å². The largest absolute Gasteiger partial charge is 0.497 e. The molecule has 3 heterocycles. The number of nitrogens with zero attached hydrogens (tertiary/aromatic N) is 6. The number of halogens is 1. The summed E-state index contributed by atoms with van der Waals surface area (Å²) >= 11 is 0. The van der Waals surface area contributed by atoms with Crippen LogP contribution in [0, 0.1) is 12.7 Å². The highest BCUT2D eigenvalue weighted by molar-refractivity contribution is 5.97. The van der Waals surface area contributed by atoms with Gasteiger partial charge in [0, 0.05) is 37.0 Å². The number of ether oxygens (including phenoxy) is 2. The minimum Gasteiger partial charge on any atom is -0.497 e. The normalized spacial score (nSPS) is 10.7. The first kappa shape index (κ1) is 48.3. The Hall–Kier alpha value is -5.81. The van der Waals surface area contributed by atoms with E-state index in [9.17, 15) is 14.0 Å². The van der Waals surface area contributed by atoms with E-state index in [2.05, 4.69) is 4.98 Å². The molecule has 1 atom stereocenters. The predicted octanol–water partition coefficient (Wildman–Crippen LogP) is 10.3. The molecule has 0 aliphatic heterocycles. The van der Waals surface area contributed by atoms with Gasteiger partial charge in [-0.1, -0.05) is 79.7 Å². The van der Waals surface area contributed by atoms with Gasteiger partial charge in [0.15, 0.2) is 0 Å². The van der Waals surface area contributed by atoms with Gasteiger partial charge < -0.3 is 18.9 Å². The average molecular weight is 795 g/mol. The fraction of sp³-hybridized carbons (Fsp3) is 0.362. The molecule has 0 spiro atoms. The maximum Gasteiger partial charge on any atom is 0.256 e. The molecule has 1 amide bonds. The van der Waals surface area contributed by atoms with Crippen molar-refractivity contribution in [1.82, 2.24) is 24.0 Å². The molecule has 0 N–H and O–H groups in total. The van der Waals surface area contributed by atoms with Crippen molar-refractivity contribution >= 4 is 22.5 Å². The molecule has 58 heavy (non-hydrogen) atoms. The van der Waals surface area contributed by atoms with Gasteiger partial charge in [-0.25, -0.2) is 14.4 Å². The number of anilines is 1. The Balaban J connectivity index is 0.00000137. The number of imidazole rings is 1. The number of fused-ring (bicyclic) bond motifs is 1. The van der Waals surface area contributed by atoms with E-state index in [1.54, 1.807) is 72.7 Å². The number of likely N-dealkylation sites (N-methyl/N-ethyl adjacent to an activating group) is 1. The second-order valence-corrected chi connectivity index (χ2v) is 12.3. The van der Waals surface area contributed by atoms with Crippen LogP contribution < -0.4 is 19.9 Å². The first-order chi connectivity index (χ1) is 28.1. The summed E-state index contributed by atoms with van der Waals surface area (Å²) in [6.07, 6.45) is 5.08. The monoisotopic (exact) mass is 794 g/mol. The third-order valence-electron chi connectivity index (χ3n) is 8.88. The van der Waals surface area contributed by atoms with Gasteiger partial charge in [0.2, 0.25) is 5.91 Å². The zero-order valence-corrected chi connectivity index (χ0v) is 36.7. The Morgan fingerprint density at radius 3 is 2.17 bits per heavy atom. The van der Waals surface area contributed by atoms with Gasteiger partial charge in [0.25, 0.3) is 5.56 Å². The van der Waals surface area contributed by atoms with Gasteiger partial charge in [-0.2, -0.15) is 0 Å². The molecule has 6 rings (SSSR count). The molecule has 0 fully saturated rings. The van der Waals surface area contributed by atoms with Crippen molar-refractivity contribution in [2.75, 3.05) is 26.2 Å². The van der Waals surface area contributed by atoms with Gasteiger partial charge >= 0.3 is 0 Å². The molecule has 10 nitrogen and oxygen atoms in total. The molecule has 0 saturated carbocycles. The van der Waals surface area contributed by atoms with E-state index in [1.807, 2.05) is 122 Å². The fourth-order valence-corrected chi connectivity index (χ4v) is 5.96. The van der Waals surface area contributed by atoms with Crippen LogP contribution in [0.2, 0.25) is 0 Å². The van der Waals surface area contributed by atoms with E-state index in [0.717, 1.165) is 33.3 Å². The molecule has 0 radical (unpaired) electrons. The molecular weight excluding hydrogens is 732 g/mol. The molecule has 3 aromatic carbocycles. The lowest BCUT2D eigenvalue weighted by Crippen LogP contribution is -2.45. The van der Waals surface area contributed by atoms with E-state index >= 15 is 0 Å². The Labute approximate surface area is 344 Å². The van der Waals surface area contributed by atoms with Gasteiger partial charge in [0.1, 0.15) is 23.1 Å². The molecule has 11 heteroatoms. The van der Waals surface area contributed by atoms with Gasteiger partial charge in [-0.05, 0) is 85.9 Å². The summed E-state index contributed by atoms with van der Waals surface area (Å²) in [5.74, 6) is 1.19. The average Bonchev–Trinajstić information content (AvgIpc) is 3.70. The topological polar surface area (TPSA) is 94.7 Å². The maximum absolute atomic E-state index is 14.4. The van der Waals surface area contributed by atoms with Gasteiger partial charge in [-0.15, -0.1) is 0 Å². The summed E-state index contributed by atoms with van der Waals surface area (Å²) in [5.41, 5.74) is 4.58. The number of aromatic nitrogens is 4. The van der Waals surface area contributed by atoms with E-state index in [0.29, 0.717) is 36.1 Å². The third kappa shape index (κ3) is 12.3. The fourth-order valence-electron chi connectivity index (χ4n) is 5.96. The van der Waals surface area contributed by atoms with Crippen molar-refractivity contribution in [2.24, 2.45) is 0 Å². The first-order valence-electron chi connectivity index (χ1n) is 20.2. The number of carbonyl (C=O) groups is 1. The zero-order chi connectivity index (χ0) is 43.4. The highest BCUT2D eigenvalue weighted by Crippen LogP contribution is 2.29. The number of methoxy groups -OCH3 is 2. The minimum absolute atomic E-state index is 0.172. The molecular formula is C47H63FN6O4. The maximum atomic E-state index is 14.4.